The summed E-state index contributed by atoms with van der Waals surface area (Å²) in [5, 5.41) is 0. The molecule has 0 spiro atoms. The van der Waals surface area contributed by atoms with Crippen molar-refractivity contribution >= 4 is 5.97 Å². The summed E-state index contributed by atoms with van der Waals surface area (Å²) in [4.78, 5) is 21.8. The zero-order chi connectivity index (χ0) is 17.9. The molecule has 0 saturated carbocycles. The average Bonchev–Trinajstić information content (AvgIpc) is 2.59. The number of rotatable bonds is 18. The first kappa shape index (κ1) is 23.4. The van der Waals surface area contributed by atoms with E-state index in [0.29, 0.717) is 19.6 Å². The highest BCUT2D eigenvalue weighted by molar-refractivity contribution is 5.73. The predicted octanol–water partition coefficient (Wildman–Crippen LogP) is 5.98. The van der Waals surface area contributed by atoms with E-state index in [1.807, 2.05) is 6.92 Å². The third kappa shape index (κ3) is 14.9. The highest BCUT2D eigenvalue weighted by Crippen LogP contribution is 2.08. The standard InChI is InChI=1S/C20H40O4/c1-4-7-9-11-13-15-17-22-19(6-3)20(21)24-23-18-16-14-12-10-8-5-2/h19H,4-18H2,1-3H3. The third-order valence-corrected chi connectivity index (χ3v) is 4.17. The topological polar surface area (TPSA) is 44.8 Å². The lowest BCUT2D eigenvalue weighted by Gasteiger charge is -2.14. The molecule has 4 heteroatoms. The van der Waals surface area contributed by atoms with Crippen LogP contribution in [0.25, 0.3) is 0 Å². The minimum atomic E-state index is -0.495. The largest absolute Gasteiger partial charge is 0.370 e. The first-order valence-electron chi connectivity index (χ1n) is 10.2. The van der Waals surface area contributed by atoms with Crippen LogP contribution in [0.3, 0.4) is 0 Å². The monoisotopic (exact) mass is 344 g/mol. The Morgan fingerprint density at radius 2 is 1.21 bits per heavy atom. The van der Waals surface area contributed by atoms with Gasteiger partial charge in [0.1, 0.15) is 0 Å². The Bertz CT molecular complexity index is 268. The Balaban J connectivity index is 3.52. The predicted molar refractivity (Wildman–Crippen MR) is 98.8 cm³/mol. The molecule has 1 unspecified atom stereocenters. The lowest BCUT2D eigenvalue weighted by atomic mass is 10.1. The summed E-state index contributed by atoms with van der Waals surface area (Å²) >= 11 is 0. The number of hydrogen-bond acceptors (Lipinski definition) is 4. The third-order valence-electron chi connectivity index (χ3n) is 4.17. The molecule has 0 radical (unpaired) electrons. The fourth-order valence-electron chi connectivity index (χ4n) is 2.56. The summed E-state index contributed by atoms with van der Waals surface area (Å²) in [6.07, 6.45) is 14.5. The fourth-order valence-corrected chi connectivity index (χ4v) is 2.56. The van der Waals surface area contributed by atoms with Gasteiger partial charge in [-0.1, -0.05) is 85.0 Å². The molecule has 0 aliphatic heterocycles. The van der Waals surface area contributed by atoms with Crippen LogP contribution in [-0.4, -0.2) is 25.3 Å². The summed E-state index contributed by atoms with van der Waals surface area (Å²) in [5.74, 6) is -0.394. The minimum absolute atomic E-state index is 0.394. The Labute approximate surface area is 149 Å². The maximum absolute atomic E-state index is 11.9. The highest BCUT2D eigenvalue weighted by Gasteiger charge is 2.19. The maximum Gasteiger partial charge on any atom is 0.370 e. The van der Waals surface area contributed by atoms with Crippen LogP contribution in [-0.2, 0) is 19.3 Å². The van der Waals surface area contributed by atoms with Crippen LogP contribution in [0.4, 0.5) is 0 Å². The van der Waals surface area contributed by atoms with Crippen molar-refractivity contribution in [3.63, 3.8) is 0 Å². The lowest BCUT2D eigenvalue weighted by molar-refractivity contribution is -0.280. The van der Waals surface area contributed by atoms with Gasteiger partial charge in [0.15, 0.2) is 6.10 Å². The summed E-state index contributed by atoms with van der Waals surface area (Å²) in [5.41, 5.74) is 0. The van der Waals surface area contributed by atoms with Crippen LogP contribution in [0.2, 0.25) is 0 Å². The van der Waals surface area contributed by atoms with E-state index in [1.165, 1.54) is 57.8 Å². The van der Waals surface area contributed by atoms with E-state index < -0.39 is 12.1 Å². The van der Waals surface area contributed by atoms with Crippen molar-refractivity contribution < 1.29 is 19.3 Å². The second-order valence-electron chi connectivity index (χ2n) is 6.53. The Morgan fingerprint density at radius 3 is 1.75 bits per heavy atom. The van der Waals surface area contributed by atoms with Crippen molar-refractivity contribution in [3.8, 4) is 0 Å². The fraction of sp³-hybridized carbons (Fsp3) is 0.950. The lowest BCUT2D eigenvalue weighted by Crippen LogP contribution is -2.26. The average molecular weight is 345 g/mol. The Kier molecular flexibility index (Phi) is 18.2. The van der Waals surface area contributed by atoms with Crippen LogP contribution >= 0.6 is 0 Å². The summed E-state index contributed by atoms with van der Waals surface area (Å²) in [6.45, 7) is 7.46. The highest BCUT2D eigenvalue weighted by atomic mass is 17.2. The van der Waals surface area contributed by atoms with Crippen molar-refractivity contribution in [2.24, 2.45) is 0 Å². The Hall–Kier alpha value is -0.610. The van der Waals surface area contributed by atoms with Crippen molar-refractivity contribution in [2.75, 3.05) is 13.2 Å². The Morgan fingerprint density at radius 1 is 0.708 bits per heavy atom. The van der Waals surface area contributed by atoms with Gasteiger partial charge in [0.2, 0.25) is 0 Å². The molecule has 0 aliphatic rings. The minimum Gasteiger partial charge on any atom is -0.366 e. The zero-order valence-electron chi connectivity index (χ0n) is 16.3. The number of hydrogen-bond donors (Lipinski definition) is 0. The molecule has 0 rings (SSSR count). The quantitative estimate of drug-likeness (QED) is 0.174. The molecule has 0 heterocycles. The van der Waals surface area contributed by atoms with Gasteiger partial charge in [-0.2, -0.15) is 4.89 Å². The second kappa shape index (κ2) is 18.7. The number of ether oxygens (including phenoxy) is 1. The van der Waals surface area contributed by atoms with E-state index in [0.717, 1.165) is 19.3 Å². The molecule has 0 amide bonds. The number of carbonyl (C=O) groups excluding carboxylic acids is 1. The molecule has 144 valence electrons. The molecule has 0 saturated heterocycles. The van der Waals surface area contributed by atoms with Crippen LogP contribution < -0.4 is 0 Å². The van der Waals surface area contributed by atoms with Gasteiger partial charge < -0.3 is 4.74 Å². The van der Waals surface area contributed by atoms with Crippen LogP contribution in [0.15, 0.2) is 0 Å². The normalized spacial score (nSPS) is 12.3. The first-order valence-corrected chi connectivity index (χ1v) is 10.2. The van der Waals surface area contributed by atoms with E-state index in [-0.39, 0.29) is 0 Å². The molecule has 24 heavy (non-hydrogen) atoms. The molecule has 0 aromatic carbocycles. The molecule has 0 N–H and O–H groups in total. The molecule has 0 aromatic rings. The van der Waals surface area contributed by atoms with E-state index in [4.69, 9.17) is 14.5 Å². The summed E-state index contributed by atoms with van der Waals surface area (Å²) < 4.78 is 5.63. The van der Waals surface area contributed by atoms with Crippen molar-refractivity contribution in [1.29, 1.82) is 0 Å². The van der Waals surface area contributed by atoms with E-state index in [2.05, 4.69) is 13.8 Å². The molecule has 0 fully saturated rings. The molecule has 4 nitrogen and oxygen atoms in total. The van der Waals surface area contributed by atoms with Crippen molar-refractivity contribution in [1.82, 2.24) is 0 Å². The molecular weight excluding hydrogens is 304 g/mol. The SMILES string of the molecule is CCCCCCCCOOC(=O)C(CC)OCCCCCCCC. The van der Waals surface area contributed by atoms with Gasteiger partial charge in [0.05, 0.1) is 6.61 Å². The summed E-state index contributed by atoms with van der Waals surface area (Å²) in [7, 11) is 0. The van der Waals surface area contributed by atoms with Gasteiger partial charge in [-0.05, 0) is 19.3 Å². The van der Waals surface area contributed by atoms with Crippen molar-refractivity contribution in [3.05, 3.63) is 0 Å². The molecule has 1 atom stereocenters. The van der Waals surface area contributed by atoms with Gasteiger partial charge in [0.25, 0.3) is 0 Å². The number of carbonyl (C=O) groups is 1. The van der Waals surface area contributed by atoms with Gasteiger partial charge in [-0.25, -0.2) is 4.79 Å². The zero-order valence-corrected chi connectivity index (χ0v) is 16.3. The van der Waals surface area contributed by atoms with Crippen LogP contribution in [0.5, 0.6) is 0 Å². The molecule has 0 aromatic heterocycles. The molecular formula is C20H40O4. The van der Waals surface area contributed by atoms with Crippen LogP contribution in [0, 0.1) is 0 Å². The van der Waals surface area contributed by atoms with E-state index >= 15 is 0 Å². The second-order valence-corrected chi connectivity index (χ2v) is 6.53. The van der Waals surface area contributed by atoms with Gasteiger partial charge >= 0.3 is 5.97 Å². The smallest absolute Gasteiger partial charge is 0.366 e. The van der Waals surface area contributed by atoms with Gasteiger partial charge in [-0.3, -0.25) is 4.89 Å². The molecule has 0 aliphatic carbocycles. The first-order chi connectivity index (χ1) is 11.8. The van der Waals surface area contributed by atoms with E-state index in [9.17, 15) is 4.79 Å². The van der Waals surface area contributed by atoms with Crippen molar-refractivity contribution in [2.45, 2.75) is 110 Å². The van der Waals surface area contributed by atoms with Gasteiger partial charge in [-0.15, -0.1) is 0 Å². The molecule has 0 bridgehead atoms. The number of unbranched alkanes of at least 4 members (excludes halogenated alkanes) is 10. The maximum atomic E-state index is 11.9. The van der Waals surface area contributed by atoms with E-state index in [1.54, 1.807) is 0 Å². The van der Waals surface area contributed by atoms with Crippen LogP contribution in [0.1, 0.15) is 104 Å². The summed E-state index contributed by atoms with van der Waals surface area (Å²) in [6, 6.07) is 0. The van der Waals surface area contributed by atoms with Gasteiger partial charge in [0, 0.05) is 6.61 Å².